The van der Waals surface area contributed by atoms with Crippen molar-refractivity contribution in [2.45, 2.75) is 18.7 Å². The van der Waals surface area contributed by atoms with Crippen LogP contribution in [0.3, 0.4) is 0 Å². The van der Waals surface area contributed by atoms with E-state index in [1.54, 1.807) is 38.1 Å². The monoisotopic (exact) mass is 370 g/mol. The number of ether oxygens (including phenoxy) is 1. The van der Waals surface area contributed by atoms with Crippen LogP contribution in [0, 0.1) is 6.92 Å². The molecular formula is C14H15BrN2O3S. The fraction of sp³-hybridized carbons (Fsp3) is 0.214. The van der Waals surface area contributed by atoms with Crippen LogP contribution >= 0.6 is 15.9 Å². The quantitative estimate of drug-likeness (QED) is 0.875. The zero-order chi connectivity index (χ0) is 15.5. The van der Waals surface area contributed by atoms with Gasteiger partial charge in [0.05, 0.1) is 6.61 Å². The maximum Gasteiger partial charge on any atom is 0.266 e. The highest BCUT2D eigenvalue weighted by atomic mass is 79.9. The fourth-order valence-electron chi connectivity index (χ4n) is 1.74. The second kappa shape index (κ2) is 6.44. The van der Waals surface area contributed by atoms with Crippen LogP contribution in [0.25, 0.3) is 0 Å². The van der Waals surface area contributed by atoms with Gasteiger partial charge in [0, 0.05) is 10.7 Å². The molecule has 1 aromatic carbocycles. The lowest BCUT2D eigenvalue weighted by molar-refractivity contribution is 0.331. The number of aryl methyl sites for hydroxylation is 1. The van der Waals surface area contributed by atoms with E-state index in [1.165, 1.54) is 12.3 Å². The molecule has 0 unspecified atom stereocenters. The number of aromatic nitrogens is 1. The minimum atomic E-state index is -3.78. The SMILES string of the molecule is CCOc1ccc(Br)cc1S(=O)(=O)Nc1ncccc1C. The average Bonchev–Trinajstić information content (AvgIpc) is 2.43. The Kier molecular flexibility index (Phi) is 4.84. The summed E-state index contributed by atoms with van der Waals surface area (Å²) in [4.78, 5) is 4.12. The summed E-state index contributed by atoms with van der Waals surface area (Å²) in [7, 11) is -3.78. The second-order valence-corrected chi connectivity index (χ2v) is 6.86. The van der Waals surface area contributed by atoms with Gasteiger partial charge in [-0.15, -0.1) is 0 Å². The van der Waals surface area contributed by atoms with Crippen molar-refractivity contribution in [1.29, 1.82) is 0 Å². The summed E-state index contributed by atoms with van der Waals surface area (Å²) in [5.74, 6) is 0.613. The van der Waals surface area contributed by atoms with Gasteiger partial charge in [0.1, 0.15) is 16.5 Å². The van der Waals surface area contributed by atoms with E-state index in [2.05, 4.69) is 25.6 Å². The molecular weight excluding hydrogens is 356 g/mol. The van der Waals surface area contributed by atoms with Crippen molar-refractivity contribution in [1.82, 2.24) is 4.98 Å². The number of rotatable bonds is 5. The molecule has 0 bridgehead atoms. The molecule has 0 saturated heterocycles. The molecule has 0 saturated carbocycles. The zero-order valence-corrected chi connectivity index (χ0v) is 14.0. The highest BCUT2D eigenvalue weighted by molar-refractivity contribution is 9.10. The number of hydrogen-bond donors (Lipinski definition) is 1. The van der Waals surface area contributed by atoms with Gasteiger partial charge in [-0.3, -0.25) is 4.72 Å². The number of pyridine rings is 1. The van der Waals surface area contributed by atoms with E-state index in [1.807, 2.05) is 0 Å². The molecule has 2 rings (SSSR count). The molecule has 0 aliphatic heterocycles. The molecule has 5 nitrogen and oxygen atoms in total. The topological polar surface area (TPSA) is 68.3 Å². The largest absolute Gasteiger partial charge is 0.492 e. The van der Waals surface area contributed by atoms with Gasteiger partial charge in [-0.25, -0.2) is 13.4 Å². The van der Waals surface area contributed by atoms with Gasteiger partial charge in [0.15, 0.2) is 0 Å². The van der Waals surface area contributed by atoms with Crippen LogP contribution in [0.15, 0.2) is 45.9 Å². The van der Waals surface area contributed by atoms with Crippen LogP contribution in [0.1, 0.15) is 12.5 Å². The van der Waals surface area contributed by atoms with Gasteiger partial charge >= 0.3 is 0 Å². The molecule has 21 heavy (non-hydrogen) atoms. The summed E-state index contributed by atoms with van der Waals surface area (Å²) in [5.41, 5.74) is 0.744. The molecule has 0 amide bonds. The van der Waals surface area contributed by atoms with Crippen LogP contribution in [-0.4, -0.2) is 20.0 Å². The van der Waals surface area contributed by atoms with Crippen molar-refractivity contribution in [3.05, 3.63) is 46.6 Å². The Morgan fingerprint density at radius 3 is 2.76 bits per heavy atom. The first-order valence-electron chi connectivity index (χ1n) is 6.31. The first-order chi connectivity index (χ1) is 9.94. The minimum Gasteiger partial charge on any atom is -0.492 e. The molecule has 0 spiro atoms. The molecule has 1 heterocycles. The minimum absolute atomic E-state index is 0.0729. The van der Waals surface area contributed by atoms with Gasteiger partial charge in [-0.05, 0) is 43.7 Å². The smallest absolute Gasteiger partial charge is 0.266 e. The Balaban J connectivity index is 2.44. The van der Waals surface area contributed by atoms with E-state index >= 15 is 0 Å². The third-order valence-corrected chi connectivity index (χ3v) is 4.59. The number of nitrogens with one attached hydrogen (secondary N) is 1. The number of halogens is 1. The number of benzene rings is 1. The Bertz CT molecular complexity index is 748. The molecule has 112 valence electrons. The summed E-state index contributed by atoms with van der Waals surface area (Å²) >= 11 is 3.28. The summed E-state index contributed by atoms with van der Waals surface area (Å²) in [6.45, 7) is 3.97. The Morgan fingerprint density at radius 1 is 1.33 bits per heavy atom. The summed E-state index contributed by atoms with van der Waals surface area (Å²) in [5, 5.41) is 0. The normalized spacial score (nSPS) is 11.2. The number of nitrogens with zero attached hydrogens (tertiary/aromatic N) is 1. The third-order valence-electron chi connectivity index (χ3n) is 2.74. The van der Waals surface area contributed by atoms with E-state index < -0.39 is 10.0 Å². The van der Waals surface area contributed by atoms with Crippen molar-refractivity contribution in [3.63, 3.8) is 0 Å². The highest BCUT2D eigenvalue weighted by Crippen LogP contribution is 2.29. The first-order valence-corrected chi connectivity index (χ1v) is 8.58. The van der Waals surface area contributed by atoms with Crippen molar-refractivity contribution >= 4 is 31.8 Å². The lowest BCUT2D eigenvalue weighted by Crippen LogP contribution is -2.16. The zero-order valence-electron chi connectivity index (χ0n) is 11.6. The average molecular weight is 371 g/mol. The van der Waals surface area contributed by atoms with E-state index in [-0.39, 0.29) is 4.90 Å². The van der Waals surface area contributed by atoms with Gasteiger partial charge in [-0.2, -0.15) is 0 Å². The highest BCUT2D eigenvalue weighted by Gasteiger charge is 2.21. The van der Waals surface area contributed by atoms with Crippen LogP contribution in [-0.2, 0) is 10.0 Å². The molecule has 2 aromatic rings. The van der Waals surface area contributed by atoms with Crippen molar-refractivity contribution < 1.29 is 13.2 Å². The van der Waals surface area contributed by atoms with Gasteiger partial charge in [-0.1, -0.05) is 22.0 Å². The Labute approximate surface area is 132 Å². The Hall–Kier alpha value is -1.60. The van der Waals surface area contributed by atoms with Crippen molar-refractivity contribution in [2.75, 3.05) is 11.3 Å². The molecule has 0 fully saturated rings. The van der Waals surface area contributed by atoms with Crippen molar-refractivity contribution in [3.8, 4) is 5.75 Å². The van der Waals surface area contributed by atoms with Gasteiger partial charge < -0.3 is 4.74 Å². The van der Waals surface area contributed by atoms with Gasteiger partial charge in [0.25, 0.3) is 10.0 Å². The van der Waals surface area contributed by atoms with E-state index in [9.17, 15) is 8.42 Å². The number of sulfonamides is 1. The molecule has 0 aliphatic carbocycles. The predicted molar refractivity (Wildman–Crippen MR) is 85.1 cm³/mol. The molecule has 0 atom stereocenters. The summed E-state index contributed by atoms with van der Waals surface area (Å²) in [6.07, 6.45) is 1.54. The molecule has 1 aromatic heterocycles. The summed E-state index contributed by atoms with van der Waals surface area (Å²) < 4.78 is 33.6. The summed E-state index contributed by atoms with van der Waals surface area (Å²) in [6, 6.07) is 8.39. The van der Waals surface area contributed by atoms with Crippen LogP contribution in [0.2, 0.25) is 0 Å². The maximum absolute atomic E-state index is 12.5. The Morgan fingerprint density at radius 2 is 2.10 bits per heavy atom. The fourth-order valence-corrected chi connectivity index (χ4v) is 3.51. The van der Waals surface area contributed by atoms with Gasteiger partial charge in [0.2, 0.25) is 0 Å². The molecule has 0 aliphatic rings. The lowest BCUT2D eigenvalue weighted by atomic mass is 10.3. The van der Waals surface area contributed by atoms with E-state index in [4.69, 9.17) is 4.74 Å². The number of hydrogen-bond acceptors (Lipinski definition) is 4. The van der Waals surface area contributed by atoms with Crippen LogP contribution in [0.5, 0.6) is 5.75 Å². The van der Waals surface area contributed by atoms with E-state index in [0.717, 1.165) is 5.56 Å². The van der Waals surface area contributed by atoms with E-state index in [0.29, 0.717) is 22.6 Å². The predicted octanol–water partition coefficient (Wildman–Crippen LogP) is 3.35. The lowest BCUT2D eigenvalue weighted by Gasteiger charge is -2.13. The first kappa shape index (κ1) is 15.8. The third kappa shape index (κ3) is 3.74. The molecule has 7 heteroatoms. The standard InChI is InChI=1S/C14H15BrN2O3S/c1-3-20-12-7-6-11(15)9-13(12)21(18,19)17-14-10(2)5-4-8-16-14/h4-9H,3H2,1-2H3,(H,16,17). The maximum atomic E-state index is 12.5. The van der Waals surface area contributed by atoms with Crippen molar-refractivity contribution in [2.24, 2.45) is 0 Å². The molecule has 1 N–H and O–H groups in total. The number of anilines is 1. The second-order valence-electron chi connectivity index (χ2n) is 4.30. The van der Waals surface area contributed by atoms with Crippen LogP contribution < -0.4 is 9.46 Å². The molecule has 0 radical (unpaired) electrons. The van der Waals surface area contributed by atoms with Crippen LogP contribution in [0.4, 0.5) is 5.82 Å².